The number of nitrogens with two attached hydrogens (primary N) is 1. The smallest absolute Gasteiger partial charge is 0.0594 e. The first-order valence-corrected chi connectivity index (χ1v) is 7.14. The van der Waals surface area contributed by atoms with E-state index in [1.165, 1.54) is 38.8 Å². The van der Waals surface area contributed by atoms with Crippen LogP contribution < -0.4 is 5.73 Å². The molecule has 0 aliphatic carbocycles. The Morgan fingerprint density at radius 1 is 1.00 bits per heavy atom. The molecule has 2 N–H and O–H groups in total. The normalized spacial score (nSPS) is 39.7. The molecule has 3 rings (SSSR count). The van der Waals surface area contributed by atoms with Crippen molar-refractivity contribution in [2.24, 2.45) is 5.73 Å². The Hall–Kier alpha value is -0.160. The first kappa shape index (κ1) is 11.9. The van der Waals surface area contributed by atoms with Crippen LogP contribution in [0.1, 0.15) is 25.7 Å². The van der Waals surface area contributed by atoms with Gasteiger partial charge in [-0.1, -0.05) is 0 Å². The second-order valence-corrected chi connectivity index (χ2v) is 5.81. The van der Waals surface area contributed by atoms with Crippen LogP contribution in [-0.4, -0.2) is 67.3 Å². The fourth-order valence-electron chi connectivity index (χ4n) is 3.76. The minimum atomic E-state index is 0.465. The number of fused-ring (bicyclic) bond motifs is 2. The van der Waals surface area contributed by atoms with Crippen molar-refractivity contribution in [2.75, 3.05) is 39.4 Å². The second kappa shape index (κ2) is 5.22. The van der Waals surface area contributed by atoms with E-state index in [1.54, 1.807) is 0 Å². The van der Waals surface area contributed by atoms with Crippen molar-refractivity contribution in [3.63, 3.8) is 0 Å². The maximum absolute atomic E-state index is 6.10. The average molecular weight is 239 g/mol. The minimum absolute atomic E-state index is 0.465. The summed E-state index contributed by atoms with van der Waals surface area (Å²) in [6.07, 6.45) is 5.20. The van der Waals surface area contributed by atoms with Crippen LogP contribution >= 0.6 is 0 Å². The number of nitrogens with zero attached hydrogens (tertiary/aromatic N) is 2. The molecule has 3 saturated heterocycles. The second-order valence-electron chi connectivity index (χ2n) is 5.81. The fraction of sp³-hybridized carbons (Fsp3) is 1.00. The van der Waals surface area contributed by atoms with E-state index in [9.17, 15) is 0 Å². The van der Waals surface area contributed by atoms with E-state index >= 15 is 0 Å². The number of ether oxygens (including phenoxy) is 1. The molecule has 17 heavy (non-hydrogen) atoms. The van der Waals surface area contributed by atoms with Gasteiger partial charge in [0.1, 0.15) is 0 Å². The molecule has 98 valence electrons. The van der Waals surface area contributed by atoms with E-state index in [1.807, 2.05) is 0 Å². The molecule has 3 fully saturated rings. The van der Waals surface area contributed by atoms with Gasteiger partial charge in [0.2, 0.25) is 0 Å². The standard InChI is InChI=1S/C13H25N3O/c14-11-9-12-1-2-13(10-11)16(12)4-3-15-5-7-17-8-6-15/h11-13H,1-10,14H2/t11-,12+,13-. The van der Waals surface area contributed by atoms with Gasteiger partial charge in [0.05, 0.1) is 13.2 Å². The van der Waals surface area contributed by atoms with Crippen molar-refractivity contribution >= 4 is 0 Å². The zero-order chi connectivity index (χ0) is 11.7. The van der Waals surface area contributed by atoms with Crippen molar-refractivity contribution in [3.8, 4) is 0 Å². The number of hydrogen-bond acceptors (Lipinski definition) is 4. The van der Waals surface area contributed by atoms with Gasteiger partial charge >= 0.3 is 0 Å². The van der Waals surface area contributed by atoms with Crippen LogP contribution in [0.2, 0.25) is 0 Å². The van der Waals surface area contributed by atoms with E-state index in [-0.39, 0.29) is 0 Å². The van der Waals surface area contributed by atoms with Gasteiger partial charge in [-0.05, 0) is 25.7 Å². The van der Waals surface area contributed by atoms with Crippen molar-refractivity contribution in [1.82, 2.24) is 9.80 Å². The predicted molar refractivity (Wildman–Crippen MR) is 68.0 cm³/mol. The van der Waals surface area contributed by atoms with E-state index in [0.717, 1.165) is 38.4 Å². The van der Waals surface area contributed by atoms with Crippen molar-refractivity contribution in [1.29, 1.82) is 0 Å². The van der Waals surface area contributed by atoms with Gasteiger partial charge in [-0.25, -0.2) is 0 Å². The Morgan fingerprint density at radius 3 is 2.29 bits per heavy atom. The lowest BCUT2D eigenvalue weighted by Gasteiger charge is -2.39. The van der Waals surface area contributed by atoms with Crippen LogP contribution in [0, 0.1) is 0 Å². The molecule has 4 heteroatoms. The summed E-state index contributed by atoms with van der Waals surface area (Å²) >= 11 is 0. The van der Waals surface area contributed by atoms with Gasteiger partial charge in [0, 0.05) is 44.3 Å². The lowest BCUT2D eigenvalue weighted by Crippen LogP contribution is -2.50. The maximum atomic E-state index is 6.10. The summed E-state index contributed by atoms with van der Waals surface area (Å²) in [6.45, 7) is 6.51. The number of rotatable bonds is 3. The SMILES string of the molecule is N[C@H]1C[C@H]2CC[C@@H](C1)N2CCN1CCOCC1. The zero-order valence-corrected chi connectivity index (χ0v) is 10.7. The van der Waals surface area contributed by atoms with Crippen LogP contribution in [-0.2, 0) is 4.74 Å². The number of morpholine rings is 1. The zero-order valence-electron chi connectivity index (χ0n) is 10.7. The van der Waals surface area contributed by atoms with Crippen LogP contribution in [0.15, 0.2) is 0 Å². The molecular weight excluding hydrogens is 214 g/mol. The maximum Gasteiger partial charge on any atom is 0.0594 e. The summed E-state index contributed by atoms with van der Waals surface area (Å²) in [6, 6.07) is 2.03. The number of piperidine rings is 1. The lowest BCUT2D eigenvalue weighted by molar-refractivity contribution is 0.0265. The van der Waals surface area contributed by atoms with Crippen molar-refractivity contribution in [3.05, 3.63) is 0 Å². The third-order valence-corrected chi connectivity index (χ3v) is 4.70. The Balaban J connectivity index is 1.48. The molecule has 3 heterocycles. The molecule has 0 amide bonds. The van der Waals surface area contributed by atoms with Gasteiger partial charge in [-0.3, -0.25) is 9.80 Å². The molecule has 0 spiro atoms. The molecule has 0 aromatic carbocycles. The van der Waals surface area contributed by atoms with Crippen LogP contribution in [0.3, 0.4) is 0 Å². The number of hydrogen-bond donors (Lipinski definition) is 1. The van der Waals surface area contributed by atoms with Crippen molar-refractivity contribution < 1.29 is 4.74 Å². The van der Waals surface area contributed by atoms with Gasteiger partial charge in [-0.15, -0.1) is 0 Å². The molecule has 2 bridgehead atoms. The average Bonchev–Trinajstić information content (AvgIpc) is 2.59. The highest BCUT2D eigenvalue weighted by molar-refractivity contribution is 4.96. The molecule has 0 saturated carbocycles. The molecule has 0 aromatic heterocycles. The largest absolute Gasteiger partial charge is 0.379 e. The molecule has 0 radical (unpaired) electrons. The van der Waals surface area contributed by atoms with Crippen LogP contribution in [0.5, 0.6) is 0 Å². The van der Waals surface area contributed by atoms with E-state index in [0.29, 0.717) is 6.04 Å². The topological polar surface area (TPSA) is 41.7 Å². The van der Waals surface area contributed by atoms with E-state index in [2.05, 4.69) is 9.80 Å². The molecule has 0 unspecified atom stereocenters. The van der Waals surface area contributed by atoms with E-state index < -0.39 is 0 Å². The third-order valence-electron chi connectivity index (χ3n) is 4.70. The summed E-state index contributed by atoms with van der Waals surface area (Å²) in [4.78, 5) is 5.27. The van der Waals surface area contributed by atoms with Crippen molar-refractivity contribution in [2.45, 2.75) is 43.8 Å². The highest BCUT2D eigenvalue weighted by atomic mass is 16.5. The van der Waals surface area contributed by atoms with Gasteiger partial charge in [0.25, 0.3) is 0 Å². The lowest BCUT2D eigenvalue weighted by atomic mass is 9.98. The fourth-order valence-corrected chi connectivity index (χ4v) is 3.76. The summed E-state index contributed by atoms with van der Waals surface area (Å²) in [7, 11) is 0. The molecule has 3 aliphatic rings. The Labute approximate surface area is 104 Å². The first-order chi connectivity index (χ1) is 8.33. The predicted octanol–water partition coefficient (Wildman–Crippen LogP) is 0.273. The van der Waals surface area contributed by atoms with Gasteiger partial charge < -0.3 is 10.5 Å². The molecule has 3 aliphatic heterocycles. The molecule has 0 aromatic rings. The third kappa shape index (κ3) is 2.65. The Kier molecular flexibility index (Phi) is 3.66. The molecule has 4 nitrogen and oxygen atoms in total. The first-order valence-electron chi connectivity index (χ1n) is 7.14. The summed E-state index contributed by atoms with van der Waals surface area (Å²) in [5.74, 6) is 0. The summed E-state index contributed by atoms with van der Waals surface area (Å²) in [5, 5.41) is 0. The highest BCUT2D eigenvalue weighted by Gasteiger charge is 2.39. The highest BCUT2D eigenvalue weighted by Crippen LogP contribution is 2.34. The minimum Gasteiger partial charge on any atom is -0.379 e. The summed E-state index contributed by atoms with van der Waals surface area (Å²) in [5.41, 5.74) is 6.10. The van der Waals surface area contributed by atoms with Gasteiger partial charge in [-0.2, -0.15) is 0 Å². The van der Waals surface area contributed by atoms with Crippen LogP contribution in [0.25, 0.3) is 0 Å². The quantitative estimate of drug-likeness (QED) is 0.768. The summed E-state index contributed by atoms with van der Waals surface area (Å²) < 4.78 is 5.39. The Bertz CT molecular complexity index is 241. The van der Waals surface area contributed by atoms with Gasteiger partial charge in [0.15, 0.2) is 0 Å². The van der Waals surface area contributed by atoms with E-state index in [4.69, 9.17) is 10.5 Å². The Morgan fingerprint density at radius 2 is 1.65 bits per heavy atom. The monoisotopic (exact) mass is 239 g/mol. The van der Waals surface area contributed by atoms with Crippen LogP contribution in [0.4, 0.5) is 0 Å². The molecular formula is C13H25N3O. The molecule has 3 atom stereocenters.